The Labute approximate surface area is 132 Å². The number of rotatable bonds is 2. The average molecular weight is 374 g/mol. The molecular formula is C13H16BrN3O3S. The second-order valence-corrected chi connectivity index (χ2v) is 8.12. The van der Waals surface area contributed by atoms with Crippen molar-refractivity contribution < 1.29 is 13.2 Å². The second kappa shape index (κ2) is 5.26. The van der Waals surface area contributed by atoms with E-state index in [9.17, 15) is 13.2 Å². The number of anilines is 1. The Hall–Kier alpha value is -1.12. The Morgan fingerprint density at radius 3 is 2.76 bits per heavy atom. The van der Waals surface area contributed by atoms with Crippen LogP contribution in [0.4, 0.5) is 5.69 Å². The lowest BCUT2D eigenvalue weighted by atomic mass is 10.2. The van der Waals surface area contributed by atoms with Crippen molar-refractivity contribution in [1.82, 2.24) is 9.21 Å². The maximum Gasteiger partial charge on any atom is 0.243 e. The number of hydrogen-bond donors (Lipinski definition) is 1. The van der Waals surface area contributed by atoms with Crippen molar-refractivity contribution in [1.29, 1.82) is 0 Å². The van der Waals surface area contributed by atoms with Gasteiger partial charge in [-0.3, -0.25) is 4.79 Å². The molecule has 1 aromatic rings. The number of amides is 1. The van der Waals surface area contributed by atoms with Gasteiger partial charge >= 0.3 is 0 Å². The number of nitrogen functional groups attached to an aromatic ring is 1. The number of fused-ring (bicyclic) bond motifs is 1. The van der Waals surface area contributed by atoms with Crippen molar-refractivity contribution in [2.45, 2.75) is 23.8 Å². The SMILES string of the molecule is Nc1cc(S(=O)(=O)N2CCN3C(=O)CCC3C2)ccc1Br. The molecule has 1 unspecified atom stereocenters. The lowest BCUT2D eigenvalue weighted by molar-refractivity contribution is -0.130. The van der Waals surface area contributed by atoms with Gasteiger partial charge in [-0.15, -0.1) is 0 Å². The van der Waals surface area contributed by atoms with Gasteiger partial charge in [-0.25, -0.2) is 8.42 Å². The van der Waals surface area contributed by atoms with Crippen LogP contribution in [0.3, 0.4) is 0 Å². The Morgan fingerprint density at radius 1 is 1.29 bits per heavy atom. The predicted octanol–water partition coefficient (Wildman–Crippen LogP) is 1.03. The van der Waals surface area contributed by atoms with E-state index in [-0.39, 0.29) is 16.8 Å². The molecule has 6 nitrogen and oxygen atoms in total. The summed E-state index contributed by atoms with van der Waals surface area (Å²) in [5.74, 6) is 0.130. The predicted molar refractivity (Wildman–Crippen MR) is 82.0 cm³/mol. The monoisotopic (exact) mass is 373 g/mol. The quantitative estimate of drug-likeness (QED) is 0.784. The van der Waals surface area contributed by atoms with E-state index >= 15 is 0 Å². The van der Waals surface area contributed by atoms with Gasteiger partial charge in [0.1, 0.15) is 0 Å². The fourth-order valence-electron chi connectivity index (χ4n) is 2.89. The highest BCUT2D eigenvalue weighted by molar-refractivity contribution is 9.10. The highest BCUT2D eigenvalue weighted by Gasteiger charge is 2.39. The number of carbonyl (C=O) groups is 1. The third kappa shape index (κ3) is 2.56. The average Bonchev–Trinajstić information content (AvgIpc) is 2.83. The summed E-state index contributed by atoms with van der Waals surface area (Å²) in [5, 5.41) is 0. The number of nitrogens with two attached hydrogens (primary N) is 1. The molecule has 2 aliphatic rings. The van der Waals surface area contributed by atoms with Crippen LogP contribution in [0.15, 0.2) is 27.6 Å². The molecule has 2 fully saturated rings. The minimum atomic E-state index is -3.56. The third-order valence-electron chi connectivity index (χ3n) is 4.06. The summed E-state index contributed by atoms with van der Waals surface area (Å²) in [6, 6.07) is 4.65. The van der Waals surface area contributed by atoms with Crippen molar-refractivity contribution in [2.75, 3.05) is 25.4 Å². The van der Waals surface area contributed by atoms with Gasteiger partial charge in [0.2, 0.25) is 15.9 Å². The number of sulfonamides is 1. The van der Waals surface area contributed by atoms with E-state index in [1.807, 2.05) is 0 Å². The molecule has 0 aromatic heterocycles. The van der Waals surface area contributed by atoms with E-state index in [2.05, 4.69) is 15.9 Å². The molecule has 3 rings (SSSR count). The molecule has 21 heavy (non-hydrogen) atoms. The lowest BCUT2D eigenvalue weighted by Gasteiger charge is -2.36. The number of hydrogen-bond acceptors (Lipinski definition) is 4. The Bertz CT molecular complexity index is 692. The number of carbonyl (C=O) groups excluding carboxylic acids is 1. The molecule has 0 bridgehead atoms. The maximum atomic E-state index is 12.7. The first-order chi connectivity index (χ1) is 9.89. The molecule has 1 aromatic carbocycles. The molecule has 2 N–H and O–H groups in total. The van der Waals surface area contributed by atoms with E-state index in [1.165, 1.54) is 10.4 Å². The summed E-state index contributed by atoms with van der Waals surface area (Å²) in [6.07, 6.45) is 1.25. The smallest absolute Gasteiger partial charge is 0.243 e. The van der Waals surface area contributed by atoms with Crippen LogP contribution in [0.5, 0.6) is 0 Å². The van der Waals surface area contributed by atoms with E-state index < -0.39 is 10.0 Å². The standard InChI is InChI=1S/C13H16BrN3O3S/c14-11-3-2-10(7-12(11)15)21(19,20)16-5-6-17-9(8-16)1-4-13(17)18/h2-3,7,9H,1,4-6,8,15H2. The molecule has 2 saturated heterocycles. The Balaban J connectivity index is 1.85. The van der Waals surface area contributed by atoms with Crippen molar-refractivity contribution in [3.63, 3.8) is 0 Å². The maximum absolute atomic E-state index is 12.7. The molecule has 114 valence electrons. The van der Waals surface area contributed by atoms with Gasteiger partial charge in [-0.1, -0.05) is 0 Å². The van der Waals surface area contributed by atoms with Gasteiger partial charge in [0.15, 0.2) is 0 Å². The Morgan fingerprint density at radius 2 is 2.05 bits per heavy atom. The van der Waals surface area contributed by atoms with Gasteiger partial charge in [-0.05, 0) is 40.5 Å². The minimum absolute atomic E-state index is 0.00817. The van der Waals surface area contributed by atoms with Crippen LogP contribution in [-0.4, -0.2) is 49.2 Å². The molecule has 0 saturated carbocycles. The zero-order valence-electron chi connectivity index (χ0n) is 11.3. The highest BCUT2D eigenvalue weighted by atomic mass is 79.9. The first-order valence-electron chi connectivity index (χ1n) is 6.74. The van der Waals surface area contributed by atoms with Crippen molar-refractivity contribution in [2.24, 2.45) is 0 Å². The largest absolute Gasteiger partial charge is 0.398 e. The van der Waals surface area contributed by atoms with Crippen LogP contribution in [-0.2, 0) is 14.8 Å². The highest BCUT2D eigenvalue weighted by Crippen LogP contribution is 2.29. The summed E-state index contributed by atoms with van der Waals surface area (Å²) < 4.78 is 27.5. The van der Waals surface area contributed by atoms with Crippen LogP contribution in [0, 0.1) is 0 Å². The van der Waals surface area contributed by atoms with E-state index in [0.29, 0.717) is 36.2 Å². The fourth-order valence-corrected chi connectivity index (χ4v) is 4.64. The topological polar surface area (TPSA) is 83.7 Å². The van der Waals surface area contributed by atoms with Gasteiger partial charge in [0.05, 0.1) is 4.90 Å². The summed E-state index contributed by atoms with van der Waals surface area (Å²) in [5.41, 5.74) is 6.16. The van der Waals surface area contributed by atoms with Crippen molar-refractivity contribution in [3.05, 3.63) is 22.7 Å². The summed E-state index contributed by atoms with van der Waals surface area (Å²) in [4.78, 5) is 13.6. The first-order valence-corrected chi connectivity index (χ1v) is 8.97. The number of halogens is 1. The van der Waals surface area contributed by atoms with Crippen LogP contribution in [0.2, 0.25) is 0 Å². The number of piperazine rings is 1. The molecule has 1 amide bonds. The van der Waals surface area contributed by atoms with E-state index in [1.54, 1.807) is 17.0 Å². The normalized spacial score (nSPS) is 23.4. The van der Waals surface area contributed by atoms with Crippen LogP contribution < -0.4 is 5.73 Å². The zero-order chi connectivity index (χ0) is 15.2. The zero-order valence-corrected chi connectivity index (χ0v) is 13.7. The summed E-state index contributed by atoms with van der Waals surface area (Å²) in [6.45, 7) is 1.17. The van der Waals surface area contributed by atoms with E-state index in [0.717, 1.165) is 6.42 Å². The molecule has 0 radical (unpaired) electrons. The molecule has 1 atom stereocenters. The summed E-state index contributed by atoms with van der Waals surface area (Å²) in [7, 11) is -3.56. The second-order valence-electron chi connectivity index (χ2n) is 5.33. The van der Waals surface area contributed by atoms with Gasteiger partial charge < -0.3 is 10.6 Å². The van der Waals surface area contributed by atoms with Crippen molar-refractivity contribution in [3.8, 4) is 0 Å². The fraction of sp³-hybridized carbons (Fsp3) is 0.462. The van der Waals surface area contributed by atoms with Crippen LogP contribution >= 0.6 is 15.9 Å². The van der Waals surface area contributed by atoms with Gasteiger partial charge in [0.25, 0.3) is 0 Å². The molecule has 8 heteroatoms. The van der Waals surface area contributed by atoms with E-state index in [4.69, 9.17) is 5.73 Å². The van der Waals surface area contributed by atoms with Gasteiger partial charge in [0, 0.05) is 42.3 Å². The lowest BCUT2D eigenvalue weighted by Crippen LogP contribution is -2.53. The third-order valence-corrected chi connectivity index (χ3v) is 6.65. The molecule has 0 aliphatic carbocycles. The molecule has 2 aliphatic heterocycles. The van der Waals surface area contributed by atoms with Gasteiger partial charge in [-0.2, -0.15) is 4.31 Å². The first kappa shape index (κ1) is 14.8. The molecule has 0 spiro atoms. The molecule has 2 heterocycles. The number of benzene rings is 1. The Kier molecular flexibility index (Phi) is 3.71. The molecular weight excluding hydrogens is 358 g/mol. The van der Waals surface area contributed by atoms with Crippen molar-refractivity contribution >= 4 is 37.5 Å². The van der Waals surface area contributed by atoms with Crippen LogP contribution in [0.1, 0.15) is 12.8 Å². The summed E-state index contributed by atoms with van der Waals surface area (Å²) >= 11 is 3.26. The minimum Gasteiger partial charge on any atom is -0.398 e. The number of nitrogens with zero attached hydrogens (tertiary/aromatic N) is 2. The van der Waals surface area contributed by atoms with Crippen LogP contribution in [0.25, 0.3) is 0 Å².